The Morgan fingerprint density at radius 2 is 1.96 bits per heavy atom. The van der Waals surface area contributed by atoms with Crippen LogP contribution in [0.15, 0.2) is 40.5 Å². The monoisotopic (exact) mass is 375 g/mol. The fourth-order valence-corrected chi connectivity index (χ4v) is 3.77. The van der Waals surface area contributed by atoms with Gasteiger partial charge in [-0.2, -0.15) is 5.26 Å². The highest BCUT2D eigenvalue weighted by Gasteiger charge is 2.36. The van der Waals surface area contributed by atoms with Gasteiger partial charge >= 0.3 is 0 Å². The van der Waals surface area contributed by atoms with Gasteiger partial charge in [0, 0.05) is 33.9 Å². The predicted molar refractivity (Wildman–Crippen MR) is 96.9 cm³/mol. The van der Waals surface area contributed by atoms with Crippen LogP contribution in [0.5, 0.6) is 5.75 Å². The predicted octanol–water partition coefficient (Wildman–Crippen LogP) is 3.70. The fraction of sp³-hybridized carbons (Fsp3) is 0.222. The average Bonchev–Trinajstić information content (AvgIpc) is 2.54. The molecule has 25 heavy (non-hydrogen) atoms. The van der Waals surface area contributed by atoms with Crippen LogP contribution < -0.4 is 16.0 Å². The molecule has 0 unspecified atom stereocenters. The van der Waals surface area contributed by atoms with Crippen LogP contribution in [-0.4, -0.2) is 4.57 Å². The standard InChI is InChI=1S/C18H15Cl2N3O2/c1-3-23-9(2)7-13-16(18(23)24)14(10(8-21)17(22)25-13)15-11(19)5-4-6-12(15)20/h4-7,14H,3,22H2,1-2H3/t14-/m0/s1. The Morgan fingerprint density at radius 1 is 1.32 bits per heavy atom. The van der Waals surface area contributed by atoms with E-state index < -0.39 is 5.92 Å². The van der Waals surface area contributed by atoms with E-state index in [9.17, 15) is 10.1 Å². The van der Waals surface area contributed by atoms with Gasteiger partial charge in [-0.3, -0.25) is 4.79 Å². The number of aromatic nitrogens is 1. The van der Waals surface area contributed by atoms with Crippen LogP contribution in [0.4, 0.5) is 0 Å². The average molecular weight is 376 g/mol. The van der Waals surface area contributed by atoms with E-state index in [-0.39, 0.29) is 17.0 Å². The summed E-state index contributed by atoms with van der Waals surface area (Å²) in [5.41, 5.74) is 7.33. The molecule has 0 radical (unpaired) electrons. The summed E-state index contributed by atoms with van der Waals surface area (Å²) >= 11 is 12.7. The van der Waals surface area contributed by atoms with Crippen LogP contribution in [0.2, 0.25) is 10.0 Å². The zero-order valence-electron chi connectivity index (χ0n) is 13.6. The van der Waals surface area contributed by atoms with Gasteiger partial charge in [-0.1, -0.05) is 29.3 Å². The lowest BCUT2D eigenvalue weighted by Gasteiger charge is -2.28. The molecule has 0 aliphatic carbocycles. The molecule has 1 aromatic heterocycles. The van der Waals surface area contributed by atoms with Crippen LogP contribution in [0, 0.1) is 18.3 Å². The maximum absolute atomic E-state index is 13.1. The van der Waals surface area contributed by atoms with Gasteiger partial charge < -0.3 is 15.0 Å². The van der Waals surface area contributed by atoms with E-state index in [1.807, 2.05) is 19.9 Å². The molecule has 1 aliphatic heterocycles. The number of hydrogen-bond acceptors (Lipinski definition) is 4. The number of hydrogen-bond donors (Lipinski definition) is 1. The maximum Gasteiger partial charge on any atom is 0.258 e. The first-order valence-corrected chi connectivity index (χ1v) is 8.42. The van der Waals surface area contributed by atoms with E-state index in [4.69, 9.17) is 33.7 Å². The normalized spacial score (nSPS) is 16.2. The van der Waals surface area contributed by atoms with Crippen LogP contribution in [0.3, 0.4) is 0 Å². The van der Waals surface area contributed by atoms with Crippen molar-refractivity contribution < 1.29 is 4.74 Å². The lowest BCUT2D eigenvalue weighted by Crippen LogP contribution is -2.32. The van der Waals surface area contributed by atoms with Crippen LogP contribution >= 0.6 is 23.2 Å². The molecule has 0 amide bonds. The van der Waals surface area contributed by atoms with Gasteiger partial charge in [-0.15, -0.1) is 0 Å². The van der Waals surface area contributed by atoms with E-state index >= 15 is 0 Å². The number of nitrogens with zero attached hydrogens (tertiary/aromatic N) is 2. The summed E-state index contributed by atoms with van der Waals surface area (Å²) in [7, 11) is 0. The molecule has 2 N–H and O–H groups in total. The van der Waals surface area contributed by atoms with Crippen molar-refractivity contribution in [3.8, 4) is 11.8 Å². The summed E-state index contributed by atoms with van der Waals surface area (Å²) in [5.74, 6) is -0.505. The first-order valence-electron chi connectivity index (χ1n) is 7.66. The number of benzene rings is 1. The molecule has 0 spiro atoms. The third-order valence-corrected chi connectivity index (χ3v) is 4.95. The molecule has 1 aliphatic rings. The lowest BCUT2D eigenvalue weighted by atomic mass is 9.84. The summed E-state index contributed by atoms with van der Waals surface area (Å²) in [5, 5.41) is 10.3. The molecular formula is C18H15Cl2N3O2. The minimum Gasteiger partial charge on any atom is -0.440 e. The molecule has 0 fully saturated rings. The molecule has 2 aromatic rings. The van der Waals surface area contributed by atoms with Crippen molar-refractivity contribution in [2.24, 2.45) is 5.73 Å². The van der Waals surface area contributed by atoms with Gasteiger partial charge in [0.25, 0.3) is 5.56 Å². The maximum atomic E-state index is 13.1. The van der Waals surface area contributed by atoms with Crippen molar-refractivity contribution in [2.75, 3.05) is 0 Å². The van der Waals surface area contributed by atoms with Gasteiger partial charge in [0.15, 0.2) is 0 Å². The number of pyridine rings is 1. The minimum atomic E-state index is -0.777. The highest BCUT2D eigenvalue weighted by atomic mass is 35.5. The van der Waals surface area contributed by atoms with E-state index in [1.54, 1.807) is 28.8 Å². The summed E-state index contributed by atoms with van der Waals surface area (Å²) in [6.45, 7) is 4.17. The number of rotatable bonds is 2. The van der Waals surface area contributed by atoms with Crippen LogP contribution in [0.1, 0.15) is 29.7 Å². The Morgan fingerprint density at radius 3 is 2.52 bits per heavy atom. The molecule has 1 aromatic carbocycles. The first-order chi connectivity index (χ1) is 11.9. The van der Waals surface area contributed by atoms with E-state index in [0.717, 1.165) is 5.69 Å². The Hall–Kier alpha value is -2.42. The van der Waals surface area contributed by atoms with Gasteiger partial charge in [-0.25, -0.2) is 0 Å². The molecule has 128 valence electrons. The van der Waals surface area contributed by atoms with E-state index in [2.05, 4.69) is 0 Å². The van der Waals surface area contributed by atoms with Crippen molar-refractivity contribution in [3.05, 3.63) is 72.9 Å². The Labute approximate surface area is 154 Å². The molecule has 7 heteroatoms. The number of nitrogens with two attached hydrogens (primary N) is 1. The molecule has 3 rings (SSSR count). The number of halogens is 2. The second-order valence-corrected chi connectivity index (χ2v) is 6.49. The first kappa shape index (κ1) is 17.4. The van der Waals surface area contributed by atoms with Crippen molar-refractivity contribution >= 4 is 23.2 Å². The number of allylic oxidation sites excluding steroid dienone is 1. The second-order valence-electron chi connectivity index (χ2n) is 5.67. The van der Waals surface area contributed by atoms with Crippen LogP contribution in [0.25, 0.3) is 0 Å². The largest absolute Gasteiger partial charge is 0.440 e. The highest BCUT2D eigenvalue weighted by Crippen LogP contribution is 2.45. The molecule has 0 saturated heterocycles. The molecule has 1 atom stereocenters. The number of fused-ring (bicyclic) bond motifs is 1. The number of aryl methyl sites for hydroxylation is 1. The third kappa shape index (κ3) is 2.68. The summed E-state index contributed by atoms with van der Waals surface area (Å²) in [6.07, 6.45) is 0. The molecule has 0 bridgehead atoms. The quantitative estimate of drug-likeness (QED) is 0.867. The molecule has 0 saturated carbocycles. The topological polar surface area (TPSA) is 81.0 Å². The molecule has 5 nitrogen and oxygen atoms in total. The van der Waals surface area contributed by atoms with E-state index in [0.29, 0.717) is 33.5 Å². The van der Waals surface area contributed by atoms with Crippen molar-refractivity contribution in [2.45, 2.75) is 26.3 Å². The summed E-state index contributed by atoms with van der Waals surface area (Å²) in [4.78, 5) is 13.1. The SMILES string of the molecule is CCn1c(C)cc2c(c1=O)[C@H](c1c(Cl)cccc1Cl)C(C#N)=C(N)O2. The van der Waals surface area contributed by atoms with Gasteiger partial charge in [0.05, 0.1) is 11.5 Å². The van der Waals surface area contributed by atoms with Crippen LogP contribution in [-0.2, 0) is 6.54 Å². The molecular weight excluding hydrogens is 361 g/mol. The smallest absolute Gasteiger partial charge is 0.258 e. The third-order valence-electron chi connectivity index (χ3n) is 4.29. The van der Waals surface area contributed by atoms with E-state index in [1.165, 1.54) is 0 Å². The van der Waals surface area contributed by atoms with Gasteiger partial charge in [0.2, 0.25) is 5.88 Å². The zero-order chi connectivity index (χ0) is 18.3. The van der Waals surface area contributed by atoms with Crippen molar-refractivity contribution in [1.82, 2.24) is 4.57 Å². The Balaban J connectivity index is 2.43. The Bertz CT molecular complexity index is 982. The zero-order valence-corrected chi connectivity index (χ0v) is 15.1. The number of nitriles is 1. The highest BCUT2D eigenvalue weighted by molar-refractivity contribution is 6.36. The summed E-state index contributed by atoms with van der Waals surface area (Å²) in [6, 6.07) is 8.80. The Kier molecular flexibility index (Phi) is 4.51. The van der Waals surface area contributed by atoms with Crippen molar-refractivity contribution in [3.63, 3.8) is 0 Å². The molecule has 2 heterocycles. The fourth-order valence-electron chi connectivity index (χ4n) is 3.15. The second kappa shape index (κ2) is 6.47. The van der Waals surface area contributed by atoms with Gasteiger partial charge in [0.1, 0.15) is 17.4 Å². The van der Waals surface area contributed by atoms with Crippen molar-refractivity contribution in [1.29, 1.82) is 5.26 Å². The summed E-state index contributed by atoms with van der Waals surface area (Å²) < 4.78 is 7.17. The lowest BCUT2D eigenvalue weighted by molar-refractivity contribution is 0.388. The van der Waals surface area contributed by atoms with Gasteiger partial charge in [-0.05, 0) is 26.0 Å². The minimum absolute atomic E-state index is 0.0518. The number of ether oxygens (including phenoxy) is 1.